The molecule has 0 bridgehead atoms. The Kier molecular flexibility index (Phi) is 8.16. The quantitative estimate of drug-likeness (QED) is 0.360. The highest BCUT2D eigenvalue weighted by Crippen LogP contribution is 2.30. The zero-order chi connectivity index (χ0) is 19.5. The molecule has 0 aliphatic carbocycles. The van der Waals surface area contributed by atoms with Crippen LogP contribution < -0.4 is 10.6 Å². The fourth-order valence-corrected chi connectivity index (χ4v) is 4.44. The van der Waals surface area contributed by atoms with Crippen LogP contribution >= 0.6 is 24.8 Å². The van der Waals surface area contributed by atoms with Gasteiger partial charge in [-0.05, 0) is 54.3 Å². The summed E-state index contributed by atoms with van der Waals surface area (Å²) in [5.41, 5.74) is 6.02. The molecule has 0 amide bonds. The lowest BCUT2D eigenvalue weighted by Crippen LogP contribution is -2.45. The standard InChI is InChI=1S/C26H26N2O.2ClH/c1-3-8-19(9-4-1)22-16-21-13-15-29-26(21)23(17-22)18-28-24-12-7-14-27-25(24)20-10-5-2-6-11-20;;/h1-6,8-11,13,15-17,24-25,27-28H,7,12,14,18H2;2*1H/t24-,25-;;/m0../s1. The van der Waals surface area contributed by atoms with Crippen LogP contribution in [-0.4, -0.2) is 12.6 Å². The average Bonchev–Trinajstić information content (AvgIpc) is 3.28. The summed E-state index contributed by atoms with van der Waals surface area (Å²) < 4.78 is 5.84. The number of halogens is 2. The van der Waals surface area contributed by atoms with Gasteiger partial charge >= 0.3 is 0 Å². The Hall–Kier alpha value is -2.30. The van der Waals surface area contributed by atoms with Gasteiger partial charge in [-0.3, -0.25) is 0 Å². The molecule has 3 aromatic carbocycles. The lowest BCUT2D eigenvalue weighted by atomic mass is 9.92. The van der Waals surface area contributed by atoms with E-state index in [4.69, 9.17) is 4.42 Å². The van der Waals surface area contributed by atoms with Gasteiger partial charge in [0.1, 0.15) is 5.58 Å². The maximum Gasteiger partial charge on any atom is 0.138 e. The van der Waals surface area contributed by atoms with E-state index in [9.17, 15) is 0 Å². The Labute approximate surface area is 196 Å². The Bertz CT molecular complexity index is 1080. The minimum Gasteiger partial charge on any atom is -0.464 e. The van der Waals surface area contributed by atoms with Gasteiger partial charge in [0.05, 0.1) is 6.26 Å². The number of piperidine rings is 1. The van der Waals surface area contributed by atoms with Crippen LogP contribution in [-0.2, 0) is 6.54 Å². The molecule has 0 radical (unpaired) electrons. The molecule has 3 nitrogen and oxygen atoms in total. The Morgan fingerprint density at radius 2 is 1.61 bits per heavy atom. The molecule has 2 atom stereocenters. The molecule has 2 heterocycles. The predicted octanol–water partition coefficient (Wildman–Crippen LogP) is 6.53. The summed E-state index contributed by atoms with van der Waals surface area (Å²) in [5, 5.41) is 8.69. The van der Waals surface area contributed by atoms with Crippen LogP contribution in [0.3, 0.4) is 0 Å². The number of rotatable bonds is 5. The first-order valence-electron chi connectivity index (χ1n) is 10.5. The van der Waals surface area contributed by atoms with E-state index in [2.05, 4.69) is 89.5 Å². The van der Waals surface area contributed by atoms with E-state index in [1.807, 2.05) is 0 Å². The van der Waals surface area contributed by atoms with Gasteiger partial charge in [-0.1, -0.05) is 60.7 Å². The van der Waals surface area contributed by atoms with Crippen molar-refractivity contribution in [3.8, 4) is 11.1 Å². The summed E-state index contributed by atoms with van der Waals surface area (Å²) in [6.45, 7) is 1.87. The third-order valence-corrected chi connectivity index (χ3v) is 5.91. The molecule has 1 fully saturated rings. The van der Waals surface area contributed by atoms with Gasteiger partial charge in [0.15, 0.2) is 0 Å². The molecule has 0 saturated carbocycles. The Morgan fingerprint density at radius 1 is 0.871 bits per heavy atom. The smallest absolute Gasteiger partial charge is 0.138 e. The lowest BCUT2D eigenvalue weighted by molar-refractivity contribution is 0.304. The summed E-state index contributed by atoms with van der Waals surface area (Å²) >= 11 is 0. The van der Waals surface area contributed by atoms with Crippen molar-refractivity contribution in [2.45, 2.75) is 31.5 Å². The highest BCUT2D eigenvalue weighted by Gasteiger charge is 2.25. The second kappa shape index (κ2) is 10.8. The number of hydrogen-bond acceptors (Lipinski definition) is 3. The number of nitrogens with one attached hydrogen (secondary N) is 2. The predicted molar refractivity (Wildman–Crippen MR) is 133 cm³/mol. The molecule has 5 heteroatoms. The van der Waals surface area contributed by atoms with Crippen molar-refractivity contribution in [1.29, 1.82) is 0 Å². The first-order chi connectivity index (χ1) is 14.4. The van der Waals surface area contributed by atoms with Gasteiger partial charge in [-0.25, -0.2) is 0 Å². The normalized spacial score (nSPS) is 18.2. The first-order valence-corrected chi connectivity index (χ1v) is 10.5. The largest absolute Gasteiger partial charge is 0.464 e. The number of hydrogen-bond donors (Lipinski definition) is 2. The monoisotopic (exact) mass is 454 g/mol. The van der Waals surface area contributed by atoms with Crippen molar-refractivity contribution < 1.29 is 4.42 Å². The van der Waals surface area contributed by atoms with E-state index in [1.165, 1.54) is 35.1 Å². The molecule has 2 N–H and O–H groups in total. The Morgan fingerprint density at radius 3 is 2.39 bits per heavy atom. The zero-order valence-corrected chi connectivity index (χ0v) is 18.9. The van der Waals surface area contributed by atoms with Crippen LogP contribution in [0.5, 0.6) is 0 Å². The molecule has 1 aliphatic heterocycles. The van der Waals surface area contributed by atoms with E-state index in [0.717, 1.165) is 24.1 Å². The van der Waals surface area contributed by atoms with E-state index in [0.29, 0.717) is 12.1 Å². The van der Waals surface area contributed by atoms with Crippen molar-refractivity contribution in [2.75, 3.05) is 6.54 Å². The van der Waals surface area contributed by atoms with Crippen LogP contribution in [0, 0.1) is 0 Å². The zero-order valence-electron chi connectivity index (χ0n) is 17.3. The second-order valence-corrected chi connectivity index (χ2v) is 7.81. The van der Waals surface area contributed by atoms with Gasteiger partial charge in [-0.15, -0.1) is 24.8 Å². The van der Waals surface area contributed by atoms with Gasteiger partial charge < -0.3 is 15.1 Å². The van der Waals surface area contributed by atoms with Crippen LogP contribution in [0.4, 0.5) is 0 Å². The Balaban J connectivity index is 0.00000136. The fourth-order valence-electron chi connectivity index (χ4n) is 4.44. The van der Waals surface area contributed by atoms with Gasteiger partial charge in [0, 0.05) is 29.6 Å². The van der Waals surface area contributed by atoms with Crippen molar-refractivity contribution in [2.24, 2.45) is 0 Å². The van der Waals surface area contributed by atoms with E-state index < -0.39 is 0 Å². The molecule has 162 valence electrons. The highest BCUT2D eigenvalue weighted by molar-refractivity contribution is 5.86. The van der Waals surface area contributed by atoms with E-state index in [1.54, 1.807) is 6.26 Å². The summed E-state index contributed by atoms with van der Waals surface area (Å²) in [7, 11) is 0. The van der Waals surface area contributed by atoms with Gasteiger partial charge in [0.25, 0.3) is 0 Å². The number of furan rings is 1. The molecule has 4 aromatic rings. The molecule has 1 saturated heterocycles. The fraction of sp³-hybridized carbons (Fsp3) is 0.231. The average molecular weight is 455 g/mol. The van der Waals surface area contributed by atoms with Crippen LogP contribution in [0.15, 0.2) is 89.5 Å². The molecule has 5 rings (SSSR count). The van der Waals surface area contributed by atoms with Crippen molar-refractivity contribution in [3.63, 3.8) is 0 Å². The molecule has 1 aromatic heterocycles. The van der Waals surface area contributed by atoms with Crippen molar-refractivity contribution in [1.82, 2.24) is 10.6 Å². The maximum absolute atomic E-state index is 5.84. The van der Waals surface area contributed by atoms with E-state index >= 15 is 0 Å². The summed E-state index contributed by atoms with van der Waals surface area (Å²) in [5.74, 6) is 0. The molecule has 0 unspecified atom stereocenters. The molecular formula is C26H28Cl2N2O. The summed E-state index contributed by atoms with van der Waals surface area (Å²) in [4.78, 5) is 0. The SMILES string of the molecule is Cl.Cl.c1ccc(-c2cc(CN[C@H]3CCCN[C@H]3c3ccccc3)c3occc3c2)cc1. The second-order valence-electron chi connectivity index (χ2n) is 7.81. The first kappa shape index (κ1) is 23.4. The van der Waals surface area contributed by atoms with Gasteiger partial charge in [-0.2, -0.15) is 0 Å². The minimum atomic E-state index is 0. The minimum absolute atomic E-state index is 0. The van der Waals surface area contributed by atoms with Gasteiger partial charge in [0.2, 0.25) is 0 Å². The molecular weight excluding hydrogens is 427 g/mol. The van der Waals surface area contributed by atoms with Crippen molar-refractivity contribution >= 4 is 35.8 Å². The van der Waals surface area contributed by atoms with Crippen LogP contribution in [0.2, 0.25) is 0 Å². The highest BCUT2D eigenvalue weighted by atomic mass is 35.5. The van der Waals surface area contributed by atoms with Crippen LogP contribution in [0.25, 0.3) is 22.1 Å². The van der Waals surface area contributed by atoms with Crippen molar-refractivity contribution in [3.05, 3.63) is 96.3 Å². The number of benzene rings is 3. The number of fused-ring (bicyclic) bond motifs is 1. The molecule has 31 heavy (non-hydrogen) atoms. The lowest BCUT2D eigenvalue weighted by Gasteiger charge is -2.34. The summed E-state index contributed by atoms with van der Waals surface area (Å²) in [6, 6.07) is 28.6. The summed E-state index contributed by atoms with van der Waals surface area (Å²) in [6.07, 6.45) is 4.16. The third kappa shape index (κ3) is 5.13. The van der Waals surface area contributed by atoms with Crippen LogP contribution in [0.1, 0.15) is 30.0 Å². The molecule has 1 aliphatic rings. The third-order valence-electron chi connectivity index (χ3n) is 5.91. The topological polar surface area (TPSA) is 37.2 Å². The maximum atomic E-state index is 5.84. The molecule has 0 spiro atoms. The van der Waals surface area contributed by atoms with E-state index in [-0.39, 0.29) is 24.8 Å².